The average Bonchev–Trinajstić information content (AvgIpc) is 3.62. The number of rotatable bonds is 18. The fourth-order valence-electron chi connectivity index (χ4n) is 6.50. The van der Waals surface area contributed by atoms with Crippen molar-refractivity contribution in [1.82, 2.24) is 20.5 Å². The normalized spacial score (nSPS) is 15.2. The molecule has 13 heteroatoms. The van der Waals surface area contributed by atoms with Gasteiger partial charge < -0.3 is 34.6 Å². The summed E-state index contributed by atoms with van der Waals surface area (Å²) in [6.45, 7) is 10.1. The van der Waals surface area contributed by atoms with E-state index in [1.54, 1.807) is 31.3 Å². The molecule has 1 fully saturated rings. The summed E-state index contributed by atoms with van der Waals surface area (Å²) < 4.78 is 18.7. The van der Waals surface area contributed by atoms with Gasteiger partial charge in [0.2, 0.25) is 5.91 Å². The number of nitrogens with zero attached hydrogens (tertiary/aromatic N) is 3. The van der Waals surface area contributed by atoms with Crippen molar-refractivity contribution in [2.24, 2.45) is 0 Å². The first kappa shape index (κ1) is 41.0. The molecule has 2 heterocycles. The van der Waals surface area contributed by atoms with Crippen molar-refractivity contribution in [3.05, 3.63) is 105 Å². The second-order valence-corrected chi connectivity index (χ2v) is 14.4. The number of halogens is 1. The predicted molar refractivity (Wildman–Crippen MR) is 209 cm³/mol. The van der Waals surface area contributed by atoms with Crippen molar-refractivity contribution >= 4 is 23.5 Å². The molecule has 1 saturated heterocycles. The minimum absolute atomic E-state index is 0.0157. The molecule has 55 heavy (non-hydrogen) atoms. The number of hydrogen-bond donors (Lipinski definition) is 4. The van der Waals surface area contributed by atoms with Gasteiger partial charge in [0.1, 0.15) is 42.1 Å². The number of aliphatic carboxylic acids is 1. The average molecular weight is 770 g/mol. The number of nitrogens with one attached hydrogen (secondary N) is 2. The topological polar surface area (TPSA) is 166 Å². The van der Waals surface area contributed by atoms with Crippen LogP contribution in [0.2, 0.25) is 5.02 Å². The van der Waals surface area contributed by atoms with Crippen LogP contribution in [0.15, 0.2) is 67.0 Å². The van der Waals surface area contributed by atoms with E-state index in [-0.39, 0.29) is 31.7 Å². The second kappa shape index (κ2) is 18.9. The molecule has 0 unspecified atom stereocenters. The molecule has 0 spiro atoms. The Morgan fingerprint density at radius 1 is 1.00 bits per heavy atom. The first-order valence-corrected chi connectivity index (χ1v) is 18.6. The minimum Gasteiger partial charge on any atom is -0.493 e. The summed E-state index contributed by atoms with van der Waals surface area (Å²) >= 11 is 6.74. The molecule has 1 aromatic heterocycles. The van der Waals surface area contributed by atoms with Gasteiger partial charge in [0.05, 0.1) is 23.8 Å². The third kappa shape index (κ3) is 10.7. The fourth-order valence-corrected chi connectivity index (χ4v) is 6.74. The molecule has 5 rings (SSSR count). The summed E-state index contributed by atoms with van der Waals surface area (Å²) in [4.78, 5) is 29.7. The Labute approximate surface area is 327 Å². The summed E-state index contributed by atoms with van der Waals surface area (Å²) in [5.74, 6) is 0.392. The summed E-state index contributed by atoms with van der Waals surface area (Å²) in [6.07, 6.45) is 4.91. The van der Waals surface area contributed by atoms with E-state index in [1.165, 1.54) is 13.1 Å². The van der Waals surface area contributed by atoms with Gasteiger partial charge in [-0.3, -0.25) is 19.9 Å². The Morgan fingerprint density at radius 3 is 2.47 bits per heavy atom. The van der Waals surface area contributed by atoms with Crippen LogP contribution in [0.3, 0.4) is 0 Å². The monoisotopic (exact) mass is 769 g/mol. The van der Waals surface area contributed by atoms with Gasteiger partial charge in [-0.25, -0.2) is 0 Å². The highest BCUT2D eigenvalue weighted by molar-refractivity contribution is 6.32. The van der Waals surface area contributed by atoms with Crippen LogP contribution < -0.4 is 24.8 Å². The van der Waals surface area contributed by atoms with E-state index in [0.29, 0.717) is 39.8 Å². The SMILES string of the molecule is CC(=O)N[C@@H]1CCN(CCCOc2cccc(-c3cccc(COc4cc(OCc5cncc(C#N)c5)c(CN[C@@](C)(CO)C(=O)O)cc4Cl)c3C)c2C)C1. The number of pyridine rings is 1. The number of aliphatic hydroxyl groups excluding tert-OH is 1. The second-order valence-electron chi connectivity index (χ2n) is 14.0. The fraction of sp³-hybridized carbons (Fsp3) is 0.381. The number of likely N-dealkylation sites (tertiary alicyclic amines) is 1. The molecule has 2 atom stereocenters. The van der Waals surface area contributed by atoms with Crippen molar-refractivity contribution in [3.63, 3.8) is 0 Å². The zero-order valence-corrected chi connectivity index (χ0v) is 32.4. The molecule has 0 saturated carbocycles. The summed E-state index contributed by atoms with van der Waals surface area (Å²) in [7, 11) is 0. The number of amides is 1. The molecule has 0 bridgehead atoms. The minimum atomic E-state index is -1.59. The van der Waals surface area contributed by atoms with Gasteiger partial charge in [-0.05, 0) is 79.6 Å². The van der Waals surface area contributed by atoms with Gasteiger partial charge in [0.15, 0.2) is 0 Å². The number of benzene rings is 3. The Hall–Kier alpha value is -5.19. The van der Waals surface area contributed by atoms with E-state index in [9.17, 15) is 25.1 Å². The van der Waals surface area contributed by atoms with Gasteiger partial charge in [0, 0.05) is 68.7 Å². The lowest BCUT2D eigenvalue weighted by Crippen LogP contribution is -2.52. The van der Waals surface area contributed by atoms with E-state index in [0.717, 1.165) is 66.0 Å². The Morgan fingerprint density at radius 2 is 1.75 bits per heavy atom. The van der Waals surface area contributed by atoms with Crippen molar-refractivity contribution < 1.29 is 34.0 Å². The Bertz CT molecular complexity index is 2040. The predicted octanol–water partition coefficient (Wildman–Crippen LogP) is 5.95. The highest BCUT2D eigenvalue weighted by Crippen LogP contribution is 2.36. The van der Waals surface area contributed by atoms with Crippen LogP contribution in [-0.4, -0.2) is 76.4 Å². The zero-order chi connectivity index (χ0) is 39.5. The molecule has 1 aliphatic heterocycles. The van der Waals surface area contributed by atoms with E-state index >= 15 is 0 Å². The molecule has 0 radical (unpaired) electrons. The summed E-state index contributed by atoms with van der Waals surface area (Å²) in [6, 6.07) is 19.4. The number of carboxylic acids is 1. The van der Waals surface area contributed by atoms with Crippen molar-refractivity contribution in [1.29, 1.82) is 5.26 Å². The highest BCUT2D eigenvalue weighted by atomic mass is 35.5. The molecular formula is C42H48ClN5O7. The van der Waals surface area contributed by atoms with E-state index in [2.05, 4.69) is 52.6 Å². The van der Waals surface area contributed by atoms with E-state index < -0.39 is 18.1 Å². The van der Waals surface area contributed by atoms with Crippen molar-refractivity contribution in [2.75, 3.05) is 32.8 Å². The molecule has 1 amide bonds. The lowest BCUT2D eigenvalue weighted by molar-refractivity contribution is -0.146. The maximum atomic E-state index is 11.8. The van der Waals surface area contributed by atoms with E-state index in [4.69, 9.17) is 25.8 Å². The molecule has 0 aliphatic carbocycles. The van der Waals surface area contributed by atoms with Gasteiger partial charge >= 0.3 is 5.97 Å². The van der Waals surface area contributed by atoms with Crippen molar-refractivity contribution in [2.45, 2.75) is 71.9 Å². The van der Waals surface area contributed by atoms with Crippen LogP contribution >= 0.6 is 11.6 Å². The summed E-state index contributed by atoms with van der Waals surface area (Å²) in [5.41, 5.74) is 5.17. The van der Waals surface area contributed by atoms with E-state index in [1.807, 2.05) is 24.3 Å². The maximum absolute atomic E-state index is 11.8. The van der Waals surface area contributed by atoms with Crippen LogP contribution in [0.4, 0.5) is 0 Å². The maximum Gasteiger partial charge on any atom is 0.326 e. The van der Waals surface area contributed by atoms with Gasteiger partial charge in [-0.15, -0.1) is 0 Å². The number of aliphatic hydroxyl groups is 1. The van der Waals surface area contributed by atoms with Crippen LogP contribution in [0, 0.1) is 25.2 Å². The first-order valence-electron chi connectivity index (χ1n) is 18.2. The molecule has 4 N–H and O–H groups in total. The lowest BCUT2D eigenvalue weighted by atomic mass is 9.93. The Balaban J connectivity index is 1.28. The molecule has 12 nitrogen and oxygen atoms in total. The zero-order valence-electron chi connectivity index (χ0n) is 31.7. The van der Waals surface area contributed by atoms with Gasteiger partial charge in [0.25, 0.3) is 0 Å². The standard InChI is InChI=1S/C42H48ClN5O7/c1-27-32(8-5-9-35(27)36-10-6-11-38(28(36)2)53-15-7-13-48-14-12-34(23-48)47-29(3)50)25-55-40-18-39(54-24-31-16-30(19-44)20-45-21-31)33(17-37(40)43)22-46-42(4,26-49)41(51)52/h5-6,8-11,16-18,20-21,34,46,49H,7,12-15,22-26H2,1-4H3,(H,47,50)(H,51,52)/t34-,42+/m1/s1. The molecular weight excluding hydrogens is 722 g/mol. The third-order valence-corrected chi connectivity index (χ3v) is 10.1. The quantitative estimate of drug-likeness (QED) is 0.0884. The van der Waals surface area contributed by atoms with Crippen LogP contribution in [0.1, 0.15) is 60.1 Å². The van der Waals surface area contributed by atoms with Gasteiger partial charge in [-0.2, -0.15) is 5.26 Å². The largest absolute Gasteiger partial charge is 0.493 e. The van der Waals surface area contributed by atoms with Crippen LogP contribution in [-0.2, 0) is 29.3 Å². The molecule has 3 aromatic carbocycles. The van der Waals surface area contributed by atoms with Crippen LogP contribution in [0.5, 0.6) is 17.2 Å². The number of hydrogen-bond acceptors (Lipinski definition) is 10. The van der Waals surface area contributed by atoms with Crippen molar-refractivity contribution in [3.8, 4) is 34.4 Å². The molecule has 1 aliphatic rings. The highest BCUT2D eigenvalue weighted by Gasteiger charge is 2.32. The first-order chi connectivity index (χ1) is 26.4. The number of ether oxygens (including phenoxy) is 3. The number of carbonyl (C=O) groups is 2. The molecule has 290 valence electrons. The number of aromatic nitrogens is 1. The number of carboxylic acid groups (broad SMARTS) is 1. The Kier molecular flexibility index (Phi) is 14.1. The smallest absolute Gasteiger partial charge is 0.326 e. The summed E-state index contributed by atoms with van der Waals surface area (Å²) in [5, 5.41) is 34.9. The molecule has 4 aromatic rings. The third-order valence-electron chi connectivity index (χ3n) is 9.85. The van der Waals surface area contributed by atoms with Crippen LogP contribution in [0.25, 0.3) is 11.1 Å². The lowest BCUT2D eigenvalue weighted by Gasteiger charge is -2.25. The van der Waals surface area contributed by atoms with Gasteiger partial charge in [-0.1, -0.05) is 41.9 Å². The number of carbonyl (C=O) groups excluding carboxylic acids is 1. The number of nitriles is 1.